The lowest BCUT2D eigenvalue weighted by atomic mass is 10.5. The molecule has 1 aromatic rings. The van der Waals surface area contributed by atoms with Crippen LogP contribution in [-0.4, -0.2) is 23.2 Å². The van der Waals surface area contributed by atoms with E-state index in [0.717, 1.165) is 0 Å². The van der Waals surface area contributed by atoms with Crippen LogP contribution in [0.25, 0.3) is 0 Å². The molecular formula is C10H9ClN2OS. The van der Waals surface area contributed by atoms with Crippen molar-refractivity contribution in [2.24, 2.45) is 0 Å². The van der Waals surface area contributed by atoms with E-state index in [2.05, 4.69) is 16.2 Å². The number of pyridine rings is 1. The minimum absolute atomic E-state index is 0.125. The number of nitrogens with zero attached hydrogens (tertiary/aromatic N) is 1. The molecule has 78 valence electrons. The zero-order valence-electron chi connectivity index (χ0n) is 7.87. The number of nitrogens with one attached hydrogen (secondary N) is 1. The van der Waals surface area contributed by atoms with Crippen molar-refractivity contribution in [3.63, 3.8) is 0 Å². The highest BCUT2D eigenvalue weighted by molar-refractivity contribution is 8.00. The van der Waals surface area contributed by atoms with Crippen LogP contribution in [0.15, 0.2) is 23.4 Å². The fraction of sp³-hybridized carbons (Fsp3) is 0.200. The van der Waals surface area contributed by atoms with Gasteiger partial charge in [0, 0.05) is 6.20 Å². The van der Waals surface area contributed by atoms with E-state index >= 15 is 0 Å². The van der Waals surface area contributed by atoms with E-state index in [9.17, 15) is 4.79 Å². The average Bonchev–Trinajstić information content (AvgIpc) is 2.25. The number of hydrogen-bond donors (Lipinski definition) is 1. The molecule has 0 fully saturated rings. The van der Waals surface area contributed by atoms with E-state index < -0.39 is 0 Å². The number of amides is 1. The normalized spacial score (nSPS) is 9.33. The van der Waals surface area contributed by atoms with Crippen molar-refractivity contribution in [3.05, 3.63) is 23.4 Å². The van der Waals surface area contributed by atoms with Gasteiger partial charge in [-0.3, -0.25) is 4.79 Å². The molecule has 3 nitrogen and oxygen atoms in total. The van der Waals surface area contributed by atoms with Crippen molar-refractivity contribution in [3.8, 4) is 12.3 Å². The summed E-state index contributed by atoms with van der Waals surface area (Å²) in [6.07, 6.45) is 6.64. The molecule has 1 amide bonds. The van der Waals surface area contributed by atoms with Gasteiger partial charge in [0.1, 0.15) is 5.03 Å². The zero-order valence-corrected chi connectivity index (χ0v) is 9.44. The van der Waals surface area contributed by atoms with Crippen LogP contribution in [0.2, 0.25) is 5.02 Å². The highest BCUT2D eigenvalue weighted by Gasteiger charge is 2.05. The van der Waals surface area contributed by atoms with Crippen LogP contribution in [0, 0.1) is 12.3 Å². The van der Waals surface area contributed by atoms with Gasteiger partial charge in [-0.25, -0.2) is 4.98 Å². The molecule has 0 bridgehead atoms. The van der Waals surface area contributed by atoms with Crippen LogP contribution < -0.4 is 5.32 Å². The first-order valence-electron chi connectivity index (χ1n) is 4.17. The van der Waals surface area contributed by atoms with Gasteiger partial charge in [-0.15, -0.1) is 6.42 Å². The second-order valence-electron chi connectivity index (χ2n) is 2.56. The third-order valence-corrected chi connectivity index (χ3v) is 2.87. The molecule has 0 unspecified atom stereocenters. The van der Waals surface area contributed by atoms with E-state index in [1.165, 1.54) is 11.8 Å². The maximum atomic E-state index is 11.2. The summed E-state index contributed by atoms with van der Waals surface area (Å²) in [6, 6.07) is 3.47. The van der Waals surface area contributed by atoms with Crippen molar-refractivity contribution in [2.75, 3.05) is 12.3 Å². The first kappa shape index (κ1) is 11.9. The van der Waals surface area contributed by atoms with E-state index in [1.807, 2.05) is 0 Å². The first-order valence-corrected chi connectivity index (χ1v) is 5.54. The van der Waals surface area contributed by atoms with Crippen LogP contribution in [0.5, 0.6) is 0 Å². The maximum absolute atomic E-state index is 11.2. The molecule has 15 heavy (non-hydrogen) atoms. The number of carbonyl (C=O) groups excluding carboxylic acids is 1. The molecule has 0 aromatic carbocycles. The Labute approximate surface area is 97.6 Å². The van der Waals surface area contributed by atoms with E-state index in [1.54, 1.807) is 18.3 Å². The summed E-state index contributed by atoms with van der Waals surface area (Å²) >= 11 is 7.15. The molecular weight excluding hydrogens is 232 g/mol. The molecule has 0 spiro atoms. The van der Waals surface area contributed by atoms with E-state index in [-0.39, 0.29) is 18.2 Å². The third kappa shape index (κ3) is 4.24. The lowest BCUT2D eigenvalue weighted by Crippen LogP contribution is -2.25. The molecule has 0 saturated heterocycles. The Morgan fingerprint density at radius 1 is 1.73 bits per heavy atom. The van der Waals surface area contributed by atoms with Gasteiger partial charge < -0.3 is 5.32 Å². The monoisotopic (exact) mass is 240 g/mol. The number of rotatable bonds is 4. The number of terminal acetylenes is 1. The third-order valence-electron chi connectivity index (χ3n) is 1.45. The number of carbonyl (C=O) groups is 1. The Balaban J connectivity index is 2.41. The molecule has 5 heteroatoms. The summed E-state index contributed by atoms with van der Waals surface area (Å²) in [5, 5.41) is 3.75. The molecule has 0 saturated carbocycles. The SMILES string of the molecule is C#CCNC(=O)CSc1ncccc1Cl. The van der Waals surface area contributed by atoms with Gasteiger partial charge >= 0.3 is 0 Å². The fourth-order valence-corrected chi connectivity index (χ4v) is 1.81. The van der Waals surface area contributed by atoms with Gasteiger partial charge in [-0.1, -0.05) is 29.3 Å². The molecule has 1 aromatic heterocycles. The Morgan fingerprint density at radius 3 is 3.20 bits per heavy atom. The van der Waals surface area contributed by atoms with Crippen molar-refractivity contribution in [2.45, 2.75) is 5.03 Å². The van der Waals surface area contributed by atoms with Gasteiger partial charge in [0.15, 0.2) is 0 Å². The zero-order chi connectivity index (χ0) is 11.1. The second-order valence-corrected chi connectivity index (χ2v) is 3.93. The van der Waals surface area contributed by atoms with Crippen molar-refractivity contribution in [1.29, 1.82) is 0 Å². The average molecular weight is 241 g/mol. The van der Waals surface area contributed by atoms with Crippen LogP contribution >= 0.6 is 23.4 Å². The van der Waals surface area contributed by atoms with Crippen LogP contribution in [0.4, 0.5) is 0 Å². The van der Waals surface area contributed by atoms with Crippen molar-refractivity contribution < 1.29 is 4.79 Å². The minimum Gasteiger partial charge on any atom is -0.344 e. The lowest BCUT2D eigenvalue weighted by Gasteiger charge is -2.02. The number of halogens is 1. The van der Waals surface area contributed by atoms with Crippen molar-refractivity contribution in [1.82, 2.24) is 10.3 Å². The smallest absolute Gasteiger partial charge is 0.231 e. The van der Waals surface area contributed by atoms with Crippen molar-refractivity contribution >= 4 is 29.3 Å². The first-order chi connectivity index (χ1) is 7.24. The van der Waals surface area contributed by atoms with Gasteiger partial charge in [0.05, 0.1) is 17.3 Å². The van der Waals surface area contributed by atoms with E-state index in [0.29, 0.717) is 10.0 Å². The van der Waals surface area contributed by atoms with E-state index in [4.69, 9.17) is 18.0 Å². The topological polar surface area (TPSA) is 42.0 Å². The molecule has 1 N–H and O–H groups in total. The Bertz CT molecular complexity index is 389. The summed E-state index contributed by atoms with van der Waals surface area (Å²) in [7, 11) is 0. The molecule has 1 heterocycles. The summed E-state index contributed by atoms with van der Waals surface area (Å²) in [6.45, 7) is 0.245. The highest BCUT2D eigenvalue weighted by Crippen LogP contribution is 2.23. The minimum atomic E-state index is -0.125. The quantitative estimate of drug-likeness (QED) is 0.642. The largest absolute Gasteiger partial charge is 0.344 e. The summed E-state index contributed by atoms with van der Waals surface area (Å²) in [5.41, 5.74) is 0. The predicted molar refractivity (Wildman–Crippen MR) is 61.8 cm³/mol. The Hall–Kier alpha value is -1.18. The predicted octanol–water partition coefficient (Wildman–Crippen LogP) is 1.58. The second kappa shape index (κ2) is 6.33. The van der Waals surface area contributed by atoms with Gasteiger partial charge in [0.2, 0.25) is 5.91 Å². The van der Waals surface area contributed by atoms with Gasteiger partial charge in [-0.05, 0) is 12.1 Å². The molecule has 0 aliphatic heterocycles. The molecule has 0 atom stereocenters. The Kier molecular flexibility index (Phi) is 5.02. The van der Waals surface area contributed by atoms with Gasteiger partial charge in [-0.2, -0.15) is 0 Å². The highest BCUT2D eigenvalue weighted by atomic mass is 35.5. The molecule has 0 aliphatic carbocycles. The summed E-state index contributed by atoms with van der Waals surface area (Å²) < 4.78 is 0. The number of hydrogen-bond acceptors (Lipinski definition) is 3. The molecule has 0 radical (unpaired) electrons. The number of thioether (sulfide) groups is 1. The number of aromatic nitrogens is 1. The standard InChI is InChI=1S/C10H9ClN2OS/c1-2-5-12-9(14)7-15-10-8(11)4-3-6-13-10/h1,3-4,6H,5,7H2,(H,12,14). The van der Waals surface area contributed by atoms with Crippen LogP contribution in [0.1, 0.15) is 0 Å². The summed E-state index contributed by atoms with van der Waals surface area (Å²) in [4.78, 5) is 15.2. The van der Waals surface area contributed by atoms with Gasteiger partial charge in [0.25, 0.3) is 0 Å². The summed E-state index contributed by atoms with van der Waals surface area (Å²) in [5.74, 6) is 2.46. The molecule has 1 rings (SSSR count). The maximum Gasteiger partial charge on any atom is 0.231 e. The van der Waals surface area contributed by atoms with Crippen LogP contribution in [0.3, 0.4) is 0 Å². The fourth-order valence-electron chi connectivity index (χ4n) is 0.812. The Morgan fingerprint density at radius 2 is 2.53 bits per heavy atom. The molecule has 0 aliphatic rings. The van der Waals surface area contributed by atoms with Crippen LogP contribution in [-0.2, 0) is 4.79 Å². The lowest BCUT2D eigenvalue weighted by molar-refractivity contribution is -0.118.